The van der Waals surface area contributed by atoms with E-state index in [2.05, 4.69) is 0 Å². The molecule has 4 heteroatoms. The molecule has 1 N–H and O–H groups in total. The average Bonchev–Trinajstić information content (AvgIpc) is 1.30. The van der Waals surface area contributed by atoms with Gasteiger partial charge in [-0.2, -0.15) is 0 Å². The Labute approximate surface area is 80.1 Å². The van der Waals surface area contributed by atoms with Crippen molar-refractivity contribution in [3.05, 3.63) is 0 Å². The summed E-state index contributed by atoms with van der Waals surface area (Å²) in [5.41, 5.74) is 0. The van der Waals surface area contributed by atoms with Gasteiger partial charge < -0.3 is 4.89 Å². The van der Waals surface area contributed by atoms with Gasteiger partial charge in [0.2, 0.25) is 0 Å². The van der Waals surface area contributed by atoms with Gasteiger partial charge in [0, 0.05) is 12.8 Å². The van der Waals surface area contributed by atoms with E-state index in [1.54, 1.807) is 0 Å². The Balaban J connectivity index is 0. The van der Waals surface area contributed by atoms with Crippen LogP contribution in [-0.2, 0) is 4.57 Å². The predicted octanol–water partition coefficient (Wildman–Crippen LogP) is 0.380. The first kappa shape index (κ1) is 12.2. The van der Waals surface area contributed by atoms with Crippen LogP contribution in [0.1, 0.15) is 13.3 Å². The molecule has 0 amide bonds. The molecule has 0 fully saturated rings. The van der Waals surface area contributed by atoms with Gasteiger partial charge in [0.05, 0.1) is 0 Å². The second-order valence-electron chi connectivity index (χ2n) is 1.77. The van der Waals surface area contributed by atoms with Crippen LogP contribution in [0.5, 0.6) is 0 Å². The van der Waals surface area contributed by atoms with E-state index >= 15 is 0 Å². The van der Waals surface area contributed by atoms with Crippen LogP contribution in [0, 0.1) is 0 Å². The molecule has 2 nitrogen and oxygen atoms in total. The van der Waals surface area contributed by atoms with Gasteiger partial charge in [-0.05, 0) is 6.42 Å². The maximum absolute atomic E-state index is 10.4. The first-order chi connectivity index (χ1) is 3.06. The fraction of sp³-hybridized carbons (Fsp3) is 1.00. The molecule has 0 saturated heterocycles. The SMILES string of the molecule is CCCP(C)(=O)O.[CaH2]. The molecule has 0 aliphatic heterocycles. The zero-order valence-corrected chi connectivity index (χ0v) is 5.61. The van der Waals surface area contributed by atoms with Crippen molar-refractivity contribution < 1.29 is 9.46 Å². The van der Waals surface area contributed by atoms with Crippen LogP contribution in [0.3, 0.4) is 0 Å². The number of rotatable bonds is 2. The van der Waals surface area contributed by atoms with Crippen LogP contribution in [-0.4, -0.2) is 55.5 Å². The summed E-state index contributed by atoms with van der Waals surface area (Å²) in [6.45, 7) is 3.28. The van der Waals surface area contributed by atoms with Crippen molar-refractivity contribution in [2.45, 2.75) is 13.3 Å². The molecule has 0 aromatic carbocycles. The van der Waals surface area contributed by atoms with Crippen molar-refractivity contribution in [3.8, 4) is 0 Å². The maximum atomic E-state index is 10.4. The molecule has 0 bridgehead atoms. The van der Waals surface area contributed by atoms with E-state index in [1.165, 1.54) is 6.66 Å². The summed E-state index contributed by atoms with van der Waals surface area (Å²) < 4.78 is 10.4. The quantitative estimate of drug-likeness (QED) is 0.473. The molecule has 0 rings (SSSR count). The molecule has 0 aromatic rings. The van der Waals surface area contributed by atoms with Crippen LogP contribution in [0.15, 0.2) is 0 Å². The van der Waals surface area contributed by atoms with Crippen LogP contribution in [0.4, 0.5) is 0 Å². The number of hydrogen-bond acceptors (Lipinski definition) is 1. The van der Waals surface area contributed by atoms with E-state index in [1.807, 2.05) is 6.92 Å². The first-order valence-electron chi connectivity index (χ1n) is 2.35. The van der Waals surface area contributed by atoms with Crippen molar-refractivity contribution in [2.24, 2.45) is 0 Å². The summed E-state index contributed by atoms with van der Waals surface area (Å²) >= 11 is 0. The zero-order chi connectivity index (χ0) is 5.91. The third-order valence-corrected chi connectivity index (χ3v) is 1.92. The summed E-state index contributed by atoms with van der Waals surface area (Å²) in [6, 6.07) is 0. The minimum absolute atomic E-state index is 0. The molecule has 8 heavy (non-hydrogen) atoms. The minimum atomic E-state index is -2.67. The Bertz CT molecular complexity index is 88.0. The standard InChI is InChI=1S/C4H11O2P.Ca.2H/c1-3-4-7(2,5)6;;;/h3-4H2,1-2H3,(H,5,6);;;. The summed E-state index contributed by atoms with van der Waals surface area (Å²) in [7, 11) is -2.67. The molecule has 1 atom stereocenters. The van der Waals surface area contributed by atoms with E-state index in [9.17, 15) is 4.57 Å². The fourth-order valence-electron chi connectivity index (χ4n) is 0.415. The van der Waals surface area contributed by atoms with Gasteiger partial charge in [-0.25, -0.2) is 0 Å². The van der Waals surface area contributed by atoms with Crippen LogP contribution in [0.25, 0.3) is 0 Å². The molecular weight excluding hydrogens is 151 g/mol. The van der Waals surface area contributed by atoms with E-state index in [0.29, 0.717) is 6.16 Å². The molecule has 0 heterocycles. The summed E-state index contributed by atoms with van der Waals surface area (Å²) in [6.07, 6.45) is 1.25. The normalized spacial score (nSPS) is 16.4. The zero-order valence-electron chi connectivity index (χ0n) is 4.72. The fourth-order valence-corrected chi connectivity index (χ4v) is 1.24. The van der Waals surface area contributed by atoms with Gasteiger partial charge in [-0.1, -0.05) is 6.92 Å². The molecular formula is C4H13CaO2P. The Morgan fingerprint density at radius 3 is 2.00 bits per heavy atom. The third-order valence-electron chi connectivity index (χ3n) is 0.639. The average molecular weight is 164 g/mol. The summed E-state index contributed by atoms with van der Waals surface area (Å²) in [5.74, 6) is 0. The van der Waals surface area contributed by atoms with Gasteiger partial charge >= 0.3 is 37.7 Å². The number of hydrogen-bond donors (Lipinski definition) is 1. The molecule has 0 aliphatic carbocycles. The monoisotopic (exact) mass is 164 g/mol. The van der Waals surface area contributed by atoms with Gasteiger partial charge in [0.25, 0.3) is 0 Å². The van der Waals surface area contributed by atoms with Gasteiger partial charge in [-0.3, -0.25) is 4.57 Å². The molecule has 0 saturated carbocycles. The van der Waals surface area contributed by atoms with Crippen LogP contribution >= 0.6 is 7.37 Å². The van der Waals surface area contributed by atoms with Crippen molar-refractivity contribution in [1.29, 1.82) is 0 Å². The van der Waals surface area contributed by atoms with E-state index in [-0.39, 0.29) is 37.7 Å². The van der Waals surface area contributed by atoms with Gasteiger partial charge in [0.15, 0.2) is 7.37 Å². The van der Waals surface area contributed by atoms with Crippen molar-refractivity contribution in [2.75, 3.05) is 12.8 Å². The molecule has 0 aromatic heterocycles. The Morgan fingerprint density at radius 1 is 1.62 bits per heavy atom. The first-order valence-corrected chi connectivity index (χ1v) is 4.65. The second-order valence-corrected chi connectivity index (χ2v) is 4.32. The van der Waals surface area contributed by atoms with Crippen molar-refractivity contribution >= 4 is 45.1 Å². The van der Waals surface area contributed by atoms with E-state index in [0.717, 1.165) is 6.42 Å². The molecule has 0 spiro atoms. The Morgan fingerprint density at radius 2 is 2.00 bits per heavy atom. The summed E-state index contributed by atoms with van der Waals surface area (Å²) in [5, 5.41) is 0. The van der Waals surface area contributed by atoms with Gasteiger partial charge in [-0.15, -0.1) is 0 Å². The van der Waals surface area contributed by atoms with Crippen LogP contribution in [0.2, 0.25) is 0 Å². The summed E-state index contributed by atoms with van der Waals surface area (Å²) in [4.78, 5) is 8.57. The van der Waals surface area contributed by atoms with Crippen LogP contribution < -0.4 is 0 Å². The molecule has 48 valence electrons. The molecule has 0 radical (unpaired) electrons. The molecule has 0 aliphatic rings. The topological polar surface area (TPSA) is 37.3 Å². The Hall–Kier alpha value is 1.45. The molecule has 1 unspecified atom stereocenters. The van der Waals surface area contributed by atoms with E-state index in [4.69, 9.17) is 4.89 Å². The Kier molecular flexibility index (Phi) is 7.98. The van der Waals surface area contributed by atoms with Gasteiger partial charge in [0.1, 0.15) is 0 Å². The predicted molar refractivity (Wildman–Crippen MR) is 39.5 cm³/mol. The second kappa shape index (κ2) is 5.25. The van der Waals surface area contributed by atoms with E-state index < -0.39 is 7.37 Å². The van der Waals surface area contributed by atoms with Crippen molar-refractivity contribution in [3.63, 3.8) is 0 Å². The van der Waals surface area contributed by atoms with Crippen molar-refractivity contribution in [1.82, 2.24) is 0 Å². The third kappa shape index (κ3) is 10.4.